The Morgan fingerprint density at radius 2 is 2.24 bits per heavy atom. The summed E-state index contributed by atoms with van der Waals surface area (Å²) in [6.45, 7) is 4.97. The van der Waals surface area contributed by atoms with E-state index in [9.17, 15) is 4.79 Å². The molecule has 0 radical (unpaired) electrons. The number of esters is 1. The average Bonchev–Trinajstić information content (AvgIpc) is 2.57. The van der Waals surface area contributed by atoms with Crippen molar-refractivity contribution in [3.8, 4) is 0 Å². The molecule has 0 N–H and O–H groups in total. The van der Waals surface area contributed by atoms with Gasteiger partial charge < -0.3 is 9.30 Å². The van der Waals surface area contributed by atoms with Gasteiger partial charge in [-0.25, -0.2) is 0 Å². The van der Waals surface area contributed by atoms with Crippen molar-refractivity contribution in [3.05, 3.63) is 11.6 Å². The van der Waals surface area contributed by atoms with Crippen LogP contribution in [0.25, 0.3) is 0 Å². The number of carbonyl (C=O) groups is 1. The first-order chi connectivity index (χ1) is 8.24. The average molecular weight is 237 g/mol. The van der Waals surface area contributed by atoms with Crippen molar-refractivity contribution in [2.45, 2.75) is 52.0 Å². The molecule has 0 aliphatic carbocycles. The van der Waals surface area contributed by atoms with Gasteiger partial charge >= 0.3 is 5.97 Å². The van der Waals surface area contributed by atoms with Gasteiger partial charge in [0.15, 0.2) is 0 Å². The van der Waals surface area contributed by atoms with Crippen LogP contribution in [0.1, 0.15) is 50.7 Å². The van der Waals surface area contributed by atoms with Gasteiger partial charge in [-0.05, 0) is 26.7 Å². The molecule has 1 atom stereocenters. The van der Waals surface area contributed by atoms with Crippen LogP contribution < -0.4 is 0 Å². The molecule has 2 rings (SSSR count). The van der Waals surface area contributed by atoms with E-state index in [1.807, 2.05) is 13.8 Å². The molecule has 1 aromatic heterocycles. The van der Waals surface area contributed by atoms with Crippen molar-refractivity contribution < 1.29 is 9.53 Å². The van der Waals surface area contributed by atoms with Crippen LogP contribution in [-0.4, -0.2) is 27.3 Å². The second-order valence-corrected chi connectivity index (χ2v) is 4.41. The van der Waals surface area contributed by atoms with Crippen molar-refractivity contribution in [1.82, 2.24) is 14.8 Å². The van der Waals surface area contributed by atoms with Crippen molar-refractivity contribution in [1.29, 1.82) is 0 Å². The molecule has 0 bridgehead atoms. The van der Waals surface area contributed by atoms with Crippen LogP contribution in [0.5, 0.6) is 0 Å². The minimum atomic E-state index is -0.325. The quantitative estimate of drug-likeness (QED) is 0.750. The molecule has 1 aliphatic rings. The number of hydrogen-bond donors (Lipinski definition) is 0. The van der Waals surface area contributed by atoms with E-state index in [2.05, 4.69) is 14.8 Å². The van der Waals surface area contributed by atoms with Crippen LogP contribution in [0, 0.1) is 0 Å². The Morgan fingerprint density at radius 3 is 3.00 bits per heavy atom. The summed E-state index contributed by atoms with van der Waals surface area (Å²) in [6, 6.07) is 0. The summed E-state index contributed by atoms with van der Waals surface area (Å²) >= 11 is 0. The van der Waals surface area contributed by atoms with Gasteiger partial charge in [0.1, 0.15) is 17.6 Å². The fourth-order valence-electron chi connectivity index (χ4n) is 2.20. The molecule has 0 spiro atoms. The van der Waals surface area contributed by atoms with Crippen LogP contribution in [0.4, 0.5) is 0 Å². The summed E-state index contributed by atoms with van der Waals surface area (Å²) < 4.78 is 7.12. The van der Waals surface area contributed by atoms with Gasteiger partial charge in [0.2, 0.25) is 0 Å². The monoisotopic (exact) mass is 237 g/mol. The topological polar surface area (TPSA) is 57.0 Å². The van der Waals surface area contributed by atoms with Gasteiger partial charge in [-0.1, -0.05) is 6.42 Å². The summed E-state index contributed by atoms with van der Waals surface area (Å²) in [7, 11) is 0. The molecular weight excluding hydrogens is 218 g/mol. The summed E-state index contributed by atoms with van der Waals surface area (Å²) in [6.07, 6.45) is 4.47. The lowest BCUT2D eigenvalue weighted by molar-refractivity contribution is -0.144. The van der Waals surface area contributed by atoms with Gasteiger partial charge in [0.25, 0.3) is 0 Å². The van der Waals surface area contributed by atoms with Gasteiger partial charge in [0, 0.05) is 13.0 Å². The van der Waals surface area contributed by atoms with Gasteiger partial charge in [-0.15, -0.1) is 10.2 Å². The molecule has 5 heteroatoms. The second-order valence-electron chi connectivity index (χ2n) is 4.41. The molecule has 0 amide bonds. The third kappa shape index (κ3) is 2.48. The highest BCUT2D eigenvalue weighted by Crippen LogP contribution is 2.20. The van der Waals surface area contributed by atoms with Crippen LogP contribution in [0.3, 0.4) is 0 Å². The van der Waals surface area contributed by atoms with E-state index in [1.165, 1.54) is 6.42 Å². The smallest absolute Gasteiger partial charge is 0.316 e. The highest BCUT2D eigenvalue weighted by atomic mass is 16.5. The largest absolute Gasteiger partial charge is 0.465 e. The lowest BCUT2D eigenvalue weighted by atomic mass is 10.1. The van der Waals surface area contributed by atoms with E-state index in [0.29, 0.717) is 6.61 Å². The highest BCUT2D eigenvalue weighted by molar-refractivity contribution is 5.76. The normalized spacial score (nSPS) is 17.1. The van der Waals surface area contributed by atoms with Gasteiger partial charge in [-0.2, -0.15) is 0 Å². The predicted molar refractivity (Wildman–Crippen MR) is 62.6 cm³/mol. The number of aryl methyl sites for hydroxylation is 1. The predicted octanol–water partition coefficient (Wildman–Crippen LogP) is 1.67. The molecule has 94 valence electrons. The van der Waals surface area contributed by atoms with Crippen LogP contribution >= 0.6 is 0 Å². The molecule has 1 aromatic rings. The maximum atomic E-state index is 11.7. The third-order valence-corrected chi connectivity index (χ3v) is 3.17. The summed E-state index contributed by atoms with van der Waals surface area (Å²) in [5, 5.41) is 8.34. The molecule has 5 nitrogen and oxygen atoms in total. The third-order valence-electron chi connectivity index (χ3n) is 3.17. The number of aromatic nitrogens is 3. The highest BCUT2D eigenvalue weighted by Gasteiger charge is 2.25. The molecule has 0 aromatic carbocycles. The lowest BCUT2D eigenvalue weighted by Gasteiger charge is -2.12. The van der Waals surface area contributed by atoms with E-state index < -0.39 is 0 Å². The number of nitrogens with zero attached hydrogens (tertiary/aromatic N) is 3. The standard InChI is InChI=1S/C12H19N3O2/c1-3-17-12(16)9(2)11-14-13-10-7-5-4-6-8-15(10)11/h9H,3-8H2,1-2H3. The Labute approximate surface area is 101 Å². The molecule has 0 fully saturated rings. The fraction of sp³-hybridized carbons (Fsp3) is 0.750. The number of carbonyl (C=O) groups excluding carboxylic acids is 1. The maximum absolute atomic E-state index is 11.7. The van der Waals surface area contributed by atoms with E-state index in [1.54, 1.807) is 0 Å². The number of fused-ring (bicyclic) bond motifs is 1. The molecule has 17 heavy (non-hydrogen) atoms. The zero-order chi connectivity index (χ0) is 12.3. The molecule has 1 unspecified atom stereocenters. The first-order valence-corrected chi connectivity index (χ1v) is 6.32. The van der Waals surface area contributed by atoms with Crippen molar-refractivity contribution in [3.63, 3.8) is 0 Å². The Hall–Kier alpha value is -1.39. The van der Waals surface area contributed by atoms with Crippen LogP contribution in [0.2, 0.25) is 0 Å². The van der Waals surface area contributed by atoms with Crippen molar-refractivity contribution in [2.24, 2.45) is 0 Å². The zero-order valence-corrected chi connectivity index (χ0v) is 10.5. The molecule has 0 saturated heterocycles. The van der Waals surface area contributed by atoms with E-state index >= 15 is 0 Å². The van der Waals surface area contributed by atoms with Gasteiger partial charge in [0.05, 0.1) is 6.61 Å². The lowest BCUT2D eigenvalue weighted by Crippen LogP contribution is -2.18. The first-order valence-electron chi connectivity index (χ1n) is 6.32. The molecule has 1 aliphatic heterocycles. The number of hydrogen-bond acceptors (Lipinski definition) is 4. The second kappa shape index (κ2) is 5.29. The fourth-order valence-corrected chi connectivity index (χ4v) is 2.20. The minimum absolute atomic E-state index is 0.216. The Balaban J connectivity index is 2.21. The summed E-state index contributed by atoms with van der Waals surface area (Å²) in [4.78, 5) is 11.7. The van der Waals surface area contributed by atoms with Crippen LogP contribution in [-0.2, 0) is 22.5 Å². The SMILES string of the molecule is CCOC(=O)C(C)c1nnc2n1CCCCC2. The maximum Gasteiger partial charge on any atom is 0.316 e. The zero-order valence-electron chi connectivity index (χ0n) is 10.5. The molecule has 0 saturated carbocycles. The van der Waals surface area contributed by atoms with Crippen molar-refractivity contribution >= 4 is 5.97 Å². The van der Waals surface area contributed by atoms with Crippen molar-refractivity contribution in [2.75, 3.05) is 6.61 Å². The van der Waals surface area contributed by atoms with E-state index in [0.717, 1.165) is 37.5 Å². The van der Waals surface area contributed by atoms with E-state index in [-0.39, 0.29) is 11.9 Å². The van der Waals surface area contributed by atoms with Gasteiger partial charge in [-0.3, -0.25) is 4.79 Å². The Morgan fingerprint density at radius 1 is 1.41 bits per heavy atom. The molecular formula is C12H19N3O2. The molecule has 2 heterocycles. The summed E-state index contributed by atoms with van der Waals surface area (Å²) in [5.41, 5.74) is 0. The van der Waals surface area contributed by atoms with E-state index in [4.69, 9.17) is 4.74 Å². The van der Waals surface area contributed by atoms with Crippen LogP contribution in [0.15, 0.2) is 0 Å². The first kappa shape index (κ1) is 12.1. The Kier molecular flexibility index (Phi) is 3.76. The Bertz CT molecular complexity index is 400. The summed E-state index contributed by atoms with van der Waals surface area (Å²) in [5.74, 6) is 1.22. The number of ether oxygens (including phenoxy) is 1. The number of rotatable bonds is 3. The minimum Gasteiger partial charge on any atom is -0.465 e.